The van der Waals surface area contributed by atoms with Crippen LogP contribution in [-0.2, 0) is 14.3 Å². The summed E-state index contributed by atoms with van der Waals surface area (Å²) in [5.74, 6) is -0.597. The van der Waals surface area contributed by atoms with Gasteiger partial charge in [0.05, 0.1) is 57.8 Å². The van der Waals surface area contributed by atoms with Crippen molar-refractivity contribution in [3.05, 3.63) is 12.2 Å². The van der Waals surface area contributed by atoms with Crippen molar-refractivity contribution >= 4 is 11.8 Å². The summed E-state index contributed by atoms with van der Waals surface area (Å²) in [7, 11) is 4.29. The van der Waals surface area contributed by atoms with Crippen molar-refractivity contribution in [3.63, 3.8) is 0 Å². The number of fused-ring (bicyclic) bond motifs is 5. The molecule has 5 heteroatoms. The summed E-state index contributed by atoms with van der Waals surface area (Å²) in [6, 6.07) is 0. The summed E-state index contributed by atoms with van der Waals surface area (Å²) in [6.07, 6.45) is 4.60. The molecule has 110 valence electrons. The van der Waals surface area contributed by atoms with Crippen LogP contribution in [0.2, 0.25) is 0 Å². The molecule has 0 aromatic rings. The largest absolute Gasteiger partial charge is 0.365 e. The fourth-order valence-corrected chi connectivity index (χ4v) is 3.67. The molecule has 3 rings (SSSR count). The standard InChI is InChI=1S/C15H23N2O3/c1-4-8-17(2,3)9-7-16-14(18)12-10-5-6-11(20-10)13(12)15(16)19/h5-6,10-13H,4,7-9H2,1-3H3/q+1. The van der Waals surface area contributed by atoms with Gasteiger partial charge in [-0.3, -0.25) is 14.5 Å². The van der Waals surface area contributed by atoms with Gasteiger partial charge in [0, 0.05) is 0 Å². The third kappa shape index (κ3) is 2.00. The van der Waals surface area contributed by atoms with Gasteiger partial charge in [-0.2, -0.15) is 0 Å². The number of ether oxygens (including phenoxy) is 1. The Balaban J connectivity index is 1.68. The fourth-order valence-electron chi connectivity index (χ4n) is 3.67. The van der Waals surface area contributed by atoms with Crippen LogP contribution in [0, 0.1) is 11.8 Å². The van der Waals surface area contributed by atoms with E-state index in [1.807, 2.05) is 12.2 Å². The lowest BCUT2D eigenvalue weighted by Crippen LogP contribution is -2.47. The Bertz CT molecular complexity index is 442. The predicted molar refractivity (Wildman–Crippen MR) is 73.6 cm³/mol. The molecule has 0 aromatic heterocycles. The smallest absolute Gasteiger partial charge is 0.236 e. The predicted octanol–water partition coefficient (Wildman–Crippen LogP) is 0.411. The van der Waals surface area contributed by atoms with Gasteiger partial charge in [-0.1, -0.05) is 19.1 Å². The Morgan fingerprint density at radius 1 is 1.10 bits per heavy atom. The normalized spacial score (nSPS) is 35.2. The minimum absolute atomic E-state index is 0.0339. The fraction of sp³-hybridized carbons (Fsp3) is 0.733. The Morgan fingerprint density at radius 2 is 1.65 bits per heavy atom. The molecule has 4 atom stereocenters. The molecule has 0 aliphatic carbocycles. The first kappa shape index (κ1) is 13.8. The maximum Gasteiger partial charge on any atom is 0.236 e. The summed E-state index contributed by atoms with van der Waals surface area (Å²) in [5, 5.41) is 0. The van der Waals surface area contributed by atoms with Crippen LogP contribution in [0.25, 0.3) is 0 Å². The zero-order valence-electron chi connectivity index (χ0n) is 12.4. The van der Waals surface area contributed by atoms with Crippen molar-refractivity contribution in [1.82, 2.24) is 4.90 Å². The van der Waals surface area contributed by atoms with E-state index < -0.39 is 0 Å². The van der Waals surface area contributed by atoms with Crippen LogP contribution < -0.4 is 0 Å². The van der Waals surface area contributed by atoms with E-state index in [0.29, 0.717) is 6.54 Å². The van der Waals surface area contributed by atoms with E-state index in [1.165, 1.54) is 4.90 Å². The third-order valence-corrected chi connectivity index (χ3v) is 4.76. The first-order valence-electron chi connectivity index (χ1n) is 7.45. The van der Waals surface area contributed by atoms with Crippen LogP contribution in [-0.4, -0.2) is 67.1 Å². The number of rotatable bonds is 5. The molecule has 0 saturated carbocycles. The monoisotopic (exact) mass is 279 g/mol. The zero-order chi connectivity index (χ0) is 14.5. The van der Waals surface area contributed by atoms with Gasteiger partial charge in [-0.25, -0.2) is 0 Å². The lowest BCUT2D eigenvalue weighted by Gasteiger charge is -2.31. The van der Waals surface area contributed by atoms with Crippen molar-refractivity contribution in [2.45, 2.75) is 25.6 Å². The van der Waals surface area contributed by atoms with Crippen LogP contribution >= 0.6 is 0 Å². The average molecular weight is 279 g/mol. The van der Waals surface area contributed by atoms with Crippen LogP contribution in [0.3, 0.4) is 0 Å². The number of likely N-dealkylation sites (N-methyl/N-ethyl adjacent to an activating group) is 1. The SMILES string of the molecule is CCC[N+](C)(C)CCN1C(=O)C2C3C=CC(O3)C2C1=O. The van der Waals surface area contributed by atoms with Gasteiger partial charge in [0.1, 0.15) is 0 Å². The highest BCUT2D eigenvalue weighted by Gasteiger charge is 2.60. The number of hydrogen-bond acceptors (Lipinski definition) is 3. The van der Waals surface area contributed by atoms with Gasteiger partial charge in [-0.15, -0.1) is 0 Å². The van der Waals surface area contributed by atoms with E-state index in [2.05, 4.69) is 21.0 Å². The molecule has 4 unspecified atom stereocenters. The van der Waals surface area contributed by atoms with Crippen molar-refractivity contribution < 1.29 is 18.8 Å². The summed E-state index contributed by atoms with van der Waals surface area (Å²) >= 11 is 0. The molecule has 0 aromatic carbocycles. The number of imide groups is 1. The van der Waals surface area contributed by atoms with E-state index in [1.54, 1.807) is 0 Å². The Hall–Kier alpha value is -1.20. The minimum atomic E-state index is -0.265. The molecule has 2 saturated heterocycles. The quantitative estimate of drug-likeness (QED) is 0.416. The Morgan fingerprint density at radius 3 is 2.15 bits per heavy atom. The van der Waals surface area contributed by atoms with E-state index in [9.17, 15) is 9.59 Å². The van der Waals surface area contributed by atoms with Gasteiger partial charge in [0.25, 0.3) is 0 Å². The number of amides is 2. The lowest BCUT2D eigenvalue weighted by molar-refractivity contribution is -0.889. The van der Waals surface area contributed by atoms with Crippen molar-refractivity contribution in [3.8, 4) is 0 Å². The number of carbonyl (C=O) groups excluding carboxylic acids is 2. The van der Waals surface area contributed by atoms with E-state index in [-0.39, 0.29) is 35.9 Å². The summed E-state index contributed by atoms with van der Waals surface area (Å²) in [5.41, 5.74) is 0. The molecule has 20 heavy (non-hydrogen) atoms. The molecular formula is C15H23N2O3+. The molecule has 0 spiro atoms. The van der Waals surface area contributed by atoms with Crippen LogP contribution in [0.15, 0.2) is 12.2 Å². The number of hydrogen-bond donors (Lipinski definition) is 0. The topological polar surface area (TPSA) is 46.6 Å². The summed E-state index contributed by atoms with van der Waals surface area (Å²) < 4.78 is 6.47. The first-order chi connectivity index (χ1) is 9.44. The molecule has 2 amide bonds. The second kappa shape index (κ2) is 4.67. The highest BCUT2D eigenvalue weighted by molar-refractivity contribution is 6.06. The molecule has 2 fully saturated rings. The Labute approximate surface area is 119 Å². The van der Waals surface area contributed by atoms with Crippen LogP contribution in [0.5, 0.6) is 0 Å². The summed E-state index contributed by atoms with van der Waals surface area (Å²) in [4.78, 5) is 26.4. The second-order valence-corrected chi connectivity index (χ2v) is 6.71. The summed E-state index contributed by atoms with van der Waals surface area (Å²) in [6.45, 7) is 4.54. The maximum absolute atomic E-state index is 12.4. The minimum Gasteiger partial charge on any atom is -0.365 e. The van der Waals surface area contributed by atoms with Crippen LogP contribution in [0.1, 0.15) is 13.3 Å². The number of nitrogens with zero attached hydrogens (tertiary/aromatic N) is 2. The Kier molecular flexibility index (Phi) is 3.21. The van der Waals surface area contributed by atoms with Gasteiger partial charge < -0.3 is 9.22 Å². The number of quaternary nitrogens is 1. The molecular weight excluding hydrogens is 256 g/mol. The van der Waals surface area contributed by atoms with E-state index >= 15 is 0 Å². The molecule has 0 radical (unpaired) electrons. The van der Waals surface area contributed by atoms with E-state index in [4.69, 9.17) is 4.74 Å². The second-order valence-electron chi connectivity index (χ2n) is 6.71. The van der Waals surface area contributed by atoms with Crippen LogP contribution in [0.4, 0.5) is 0 Å². The number of carbonyl (C=O) groups is 2. The van der Waals surface area contributed by atoms with Gasteiger partial charge in [0.2, 0.25) is 11.8 Å². The molecule has 2 bridgehead atoms. The van der Waals surface area contributed by atoms with Gasteiger partial charge in [-0.05, 0) is 6.42 Å². The number of likely N-dealkylation sites (tertiary alicyclic amines) is 1. The molecule has 0 N–H and O–H groups in total. The molecule has 5 nitrogen and oxygen atoms in total. The van der Waals surface area contributed by atoms with Gasteiger partial charge in [0.15, 0.2) is 0 Å². The highest BCUT2D eigenvalue weighted by atomic mass is 16.5. The third-order valence-electron chi connectivity index (χ3n) is 4.76. The maximum atomic E-state index is 12.4. The van der Waals surface area contributed by atoms with Crippen molar-refractivity contribution in [1.29, 1.82) is 0 Å². The lowest BCUT2D eigenvalue weighted by atomic mass is 9.85. The van der Waals surface area contributed by atoms with Crippen molar-refractivity contribution in [2.24, 2.45) is 11.8 Å². The highest BCUT2D eigenvalue weighted by Crippen LogP contribution is 2.44. The average Bonchev–Trinajstić information content (AvgIpc) is 3.03. The molecule has 3 aliphatic rings. The molecule has 3 heterocycles. The van der Waals surface area contributed by atoms with Gasteiger partial charge >= 0.3 is 0 Å². The zero-order valence-corrected chi connectivity index (χ0v) is 12.4. The van der Waals surface area contributed by atoms with E-state index in [0.717, 1.165) is 24.0 Å². The molecule has 3 aliphatic heterocycles. The first-order valence-corrected chi connectivity index (χ1v) is 7.45. The van der Waals surface area contributed by atoms with Crippen molar-refractivity contribution in [2.75, 3.05) is 33.7 Å².